The number of aromatic amines is 1. The molecule has 0 bridgehead atoms. The van der Waals surface area contributed by atoms with Crippen LogP contribution in [0.2, 0.25) is 0 Å². The molecule has 2 aromatic rings. The monoisotopic (exact) mass is 295 g/mol. The standard InChI is InChI=1S/C11H7F6N3/c12-10(13,14)6-1-5(8-4-9(18)20-19-8)2-7(3-6)11(15,16)17/h1-4H,(H3,18,19,20). The highest BCUT2D eigenvalue weighted by molar-refractivity contribution is 5.64. The Morgan fingerprint density at radius 1 is 0.850 bits per heavy atom. The summed E-state index contributed by atoms with van der Waals surface area (Å²) in [5, 5.41) is 5.74. The summed E-state index contributed by atoms with van der Waals surface area (Å²) >= 11 is 0. The number of nitrogens with one attached hydrogen (secondary N) is 1. The van der Waals surface area contributed by atoms with E-state index in [0.717, 1.165) is 6.07 Å². The summed E-state index contributed by atoms with van der Waals surface area (Å²) in [6.45, 7) is 0. The molecule has 0 aliphatic carbocycles. The molecule has 0 radical (unpaired) electrons. The number of nitrogen functional groups attached to an aromatic ring is 1. The van der Waals surface area contributed by atoms with Crippen molar-refractivity contribution in [2.75, 3.05) is 5.73 Å². The molecule has 0 spiro atoms. The van der Waals surface area contributed by atoms with Crippen LogP contribution in [0.4, 0.5) is 32.2 Å². The Bertz CT molecular complexity index is 594. The van der Waals surface area contributed by atoms with Crippen LogP contribution >= 0.6 is 0 Å². The van der Waals surface area contributed by atoms with Crippen molar-refractivity contribution in [2.24, 2.45) is 0 Å². The van der Waals surface area contributed by atoms with Gasteiger partial charge < -0.3 is 5.73 Å². The first-order valence-corrected chi connectivity index (χ1v) is 5.18. The summed E-state index contributed by atoms with van der Waals surface area (Å²) in [4.78, 5) is 0. The van der Waals surface area contributed by atoms with Crippen LogP contribution in [-0.4, -0.2) is 10.2 Å². The number of aromatic nitrogens is 2. The van der Waals surface area contributed by atoms with Crippen molar-refractivity contribution in [3.8, 4) is 11.3 Å². The minimum absolute atomic E-state index is 0.0286. The van der Waals surface area contributed by atoms with E-state index in [1.165, 1.54) is 0 Å². The van der Waals surface area contributed by atoms with Gasteiger partial charge in [-0.1, -0.05) is 0 Å². The summed E-state index contributed by atoms with van der Waals surface area (Å²) in [7, 11) is 0. The van der Waals surface area contributed by atoms with E-state index >= 15 is 0 Å². The lowest BCUT2D eigenvalue weighted by Gasteiger charge is -2.13. The first kappa shape index (κ1) is 14.2. The van der Waals surface area contributed by atoms with Crippen LogP contribution < -0.4 is 5.73 Å². The number of nitrogens with two attached hydrogens (primary N) is 1. The Labute approximate surface area is 108 Å². The van der Waals surface area contributed by atoms with E-state index in [1.54, 1.807) is 0 Å². The molecular formula is C11H7F6N3. The van der Waals surface area contributed by atoms with E-state index in [-0.39, 0.29) is 23.1 Å². The fraction of sp³-hybridized carbons (Fsp3) is 0.182. The molecule has 0 fully saturated rings. The number of halogens is 6. The van der Waals surface area contributed by atoms with Crippen LogP contribution in [-0.2, 0) is 12.4 Å². The number of hydrogen-bond acceptors (Lipinski definition) is 2. The Kier molecular flexibility index (Phi) is 3.15. The van der Waals surface area contributed by atoms with Gasteiger partial charge >= 0.3 is 12.4 Å². The fourth-order valence-electron chi connectivity index (χ4n) is 1.60. The summed E-state index contributed by atoms with van der Waals surface area (Å²) in [6, 6.07) is 2.41. The second-order valence-corrected chi connectivity index (χ2v) is 4.00. The number of hydrogen-bond donors (Lipinski definition) is 2. The highest BCUT2D eigenvalue weighted by Gasteiger charge is 2.37. The maximum absolute atomic E-state index is 12.6. The minimum atomic E-state index is -4.89. The molecule has 108 valence electrons. The van der Waals surface area contributed by atoms with E-state index in [9.17, 15) is 26.3 Å². The quantitative estimate of drug-likeness (QED) is 0.788. The SMILES string of the molecule is Nc1cc(-c2cc(C(F)(F)F)cc(C(F)(F)F)c2)[nH]n1. The first-order chi connectivity index (χ1) is 9.07. The number of benzene rings is 1. The van der Waals surface area contributed by atoms with Gasteiger partial charge in [0.05, 0.1) is 16.8 Å². The normalized spacial score (nSPS) is 12.7. The lowest BCUT2D eigenvalue weighted by atomic mass is 10.0. The molecule has 9 heteroatoms. The molecule has 1 aromatic heterocycles. The Morgan fingerprint density at radius 2 is 1.35 bits per heavy atom. The molecule has 0 aliphatic heterocycles. The van der Waals surface area contributed by atoms with Gasteiger partial charge in [0.15, 0.2) is 0 Å². The second kappa shape index (κ2) is 4.43. The van der Waals surface area contributed by atoms with Gasteiger partial charge in [0, 0.05) is 11.6 Å². The van der Waals surface area contributed by atoms with Crippen molar-refractivity contribution < 1.29 is 26.3 Å². The minimum Gasteiger partial charge on any atom is -0.382 e. The van der Waals surface area contributed by atoms with Crippen LogP contribution in [0.25, 0.3) is 11.3 Å². The topological polar surface area (TPSA) is 54.7 Å². The molecule has 0 unspecified atom stereocenters. The summed E-state index contributed by atoms with van der Waals surface area (Å²) in [5.74, 6) is -0.0361. The van der Waals surface area contributed by atoms with Crippen molar-refractivity contribution in [3.63, 3.8) is 0 Å². The molecule has 20 heavy (non-hydrogen) atoms. The molecule has 0 amide bonds. The van der Waals surface area contributed by atoms with E-state index in [0.29, 0.717) is 12.1 Å². The molecular weight excluding hydrogens is 288 g/mol. The third-order valence-corrected chi connectivity index (χ3v) is 2.50. The second-order valence-electron chi connectivity index (χ2n) is 4.00. The summed E-state index contributed by atoms with van der Waals surface area (Å²) in [5.41, 5.74) is 2.17. The third kappa shape index (κ3) is 2.86. The van der Waals surface area contributed by atoms with Gasteiger partial charge in [0.2, 0.25) is 0 Å². The maximum atomic E-state index is 12.6. The number of H-pyrrole nitrogens is 1. The van der Waals surface area contributed by atoms with Gasteiger partial charge in [-0.25, -0.2) is 0 Å². The summed E-state index contributed by atoms with van der Waals surface area (Å²) < 4.78 is 75.8. The molecule has 3 N–H and O–H groups in total. The number of alkyl halides is 6. The molecule has 0 atom stereocenters. The zero-order chi connectivity index (χ0) is 15.1. The first-order valence-electron chi connectivity index (χ1n) is 5.18. The lowest BCUT2D eigenvalue weighted by molar-refractivity contribution is -0.143. The van der Waals surface area contributed by atoms with Crippen molar-refractivity contribution in [2.45, 2.75) is 12.4 Å². The smallest absolute Gasteiger partial charge is 0.382 e. The van der Waals surface area contributed by atoms with Gasteiger partial charge in [0.25, 0.3) is 0 Å². The number of rotatable bonds is 1. The van der Waals surface area contributed by atoms with Crippen LogP contribution in [0.15, 0.2) is 24.3 Å². The van der Waals surface area contributed by atoms with Crippen LogP contribution in [0, 0.1) is 0 Å². The molecule has 3 nitrogen and oxygen atoms in total. The number of anilines is 1. The zero-order valence-corrected chi connectivity index (χ0v) is 9.60. The highest BCUT2D eigenvalue weighted by Crippen LogP contribution is 2.38. The van der Waals surface area contributed by atoms with Gasteiger partial charge in [0.1, 0.15) is 5.82 Å². The molecule has 0 saturated heterocycles. The Hall–Kier alpha value is -2.19. The van der Waals surface area contributed by atoms with Crippen molar-refractivity contribution in [3.05, 3.63) is 35.4 Å². The summed E-state index contributed by atoms with van der Waals surface area (Å²) in [6.07, 6.45) is -9.77. The zero-order valence-electron chi connectivity index (χ0n) is 9.60. The van der Waals surface area contributed by atoms with Crippen molar-refractivity contribution in [1.29, 1.82) is 0 Å². The predicted octanol–water partition coefficient (Wildman–Crippen LogP) is 3.70. The Balaban J connectivity index is 2.63. The van der Waals surface area contributed by atoms with Crippen molar-refractivity contribution in [1.82, 2.24) is 10.2 Å². The molecule has 0 saturated carbocycles. The molecule has 0 aliphatic rings. The van der Waals surface area contributed by atoms with E-state index in [2.05, 4.69) is 10.2 Å². The lowest BCUT2D eigenvalue weighted by Crippen LogP contribution is -2.11. The molecule has 1 heterocycles. The highest BCUT2D eigenvalue weighted by atomic mass is 19.4. The van der Waals surface area contributed by atoms with E-state index in [1.807, 2.05) is 0 Å². The Morgan fingerprint density at radius 3 is 1.70 bits per heavy atom. The maximum Gasteiger partial charge on any atom is 0.416 e. The average Bonchev–Trinajstić information content (AvgIpc) is 2.73. The number of nitrogens with zero attached hydrogens (tertiary/aromatic N) is 1. The van der Waals surface area contributed by atoms with Crippen LogP contribution in [0.3, 0.4) is 0 Å². The van der Waals surface area contributed by atoms with E-state index in [4.69, 9.17) is 5.73 Å². The van der Waals surface area contributed by atoms with Crippen molar-refractivity contribution >= 4 is 5.82 Å². The molecule has 2 rings (SSSR count). The van der Waals surface area contributed by atoms with Crippen LogP contribution in [0.1, 0.15) is 11.1 Å². The van der Waals surface area contributed by atoms with Crippen LogP contribution in [0.5, 0.6) is 0 Å². The predicted molar refractivity (Wildman–Crippen MR) is 58.4 cm³/mol. The fourth-order valence-corrected chi connectivity index (χ4v) is 1.60. The average molecular weight is 295 g/mol. The third-order valence-electron chi connectivity index (χ3n) is 2.50. The van der Waals surface area contributed by atoms with E-state index < -0.39 is 23.5 Å². The van der Waals surface area contributed by atoms with Gasteiger partial charge in [-0.15, -0.1) is 0 Å². The van der Waals surface area contributed by atoms with Gasteiger partial charge in [-0.2, -0.15) is 31.4 Å². The largest absolute Gasteiger partial charge is 0.416 e. The molecule has 1 aromatic carbocycles. The van der Waals surface area contributed by atoms with Gasteiger partial charge in [-0.05, 0) is 18.2 Å². The van der Waals surface area contributed by atoms with Gasteiger partial charge in [-0.3, -0.25) is 5.10 Å².